The molecule has 0 spiro atoms. The molecular formula is C17H16N4O2. The smallest absolute Gasteiger partial charge is 0.271 e. The van der Waals surface area contributed by atoms with Gasteiger partial charge >= 0.3 is 0 Å². The van der Waals surface area contributed by atoms with Gasteiger partial charge in [-0.25, -0.2) is 9.97 Å². The minimum atomic E-state index is -0.431. The van der Waals surface area contributed by atoms with Crippen molar-refractivity contribution in [2.45, 2.75) is 19.8 Å². The Morgan fingerprint density at radius 2 is 1.83 bits per heavy atom. The fourth-order valence-corrected chi connectivity index (χ4v) is 2.35. The summed E-state index contributed by atoms with van der Waals surface area (Å²) in [5.74, 6) is 1.10. The van der Waals surface area contributed by atoms with Gasteiger partial charge < -0.3 is 5.32 Å². The standard InChI is InChI=1S/C17H16N4O2/c1-11(2)12-3-5-13(6-4-12)20-17-15-8-7-14(21(22)23)9-16(15)18-10-19-17/h3-11H,1-2H3,(H,18,19,20). The number of rotatable bonds is 4. The maximum Gasteiger partial charge on any atom is 0.271 e. The highest BCUT2D eigenvalue weighted by Crippen LogP contribution is 2.26. The van der Waals surface area contributed by atoms with Crippen molar-refractivity contribution < 1.29 is 4.92 Å². The Bertz CT molecular complexity index is 860. The molecule has 0 unspecified atom stereocenters. The predicted octanol–water partition coefficient (Wildman–Crippen LogP) is 4.41. The number of non-ortho nitro benzene ring substituents is 1. The molecule has 0 bridgehead atoms. The van der Waals surface area contributed by atoms with Crippen molar-refractivity contribution in [1.29, 1.82) is 0 Å². The topological polar surface area (TPSA) is 81.0 Å². The second-order valence-corrected chi connectivity index (χ2v) is 5.58. The van der Waals surface area contributed by atoms with Crippen LogP contribution in [-0.4, -0.2) is 14.9 Å². The molecule has 0 aliphatic carbocycles. The Balaban J connectivity index is 1.95. The molecule has 3 aromatic rings. The van der Waals surface area contributed by atoms with Gasteiger partial charge in [0.1, 0.15) is 12.1 Å². The fraction of sp³-hybridized carbons (Fsp3) is 0.176. The lowest BCUT2D eigenvalue weighted by Crippen LogP contribution is -1.97. The molecule has 6 nitrogen and oxygen atoms in total. The molecule has 2 aromatic carbocycles. The van der Waals surface area contributed by atoms with E-state index in [0.29, 0.717) is 17.3 Å². The van der Waals surface area contributed by atoms with Crippen LogP contribution in [0.1, 0.15) is 25.3 Å². The number of fused-ring (bicyclic) bond motifs is 1. The van der Waals surface area contributed by atoms with Crippen LogP contribution in [0.3, 0.4) is 0 Å². The van der Waals surface area contributed by atoms with Gasteiger partial charge in [0, 0.05) is 23.2 Å². The molecule has 23 heavy (non-hydrogen) atoms. The first-order chi connectivity index (χ1) is 11.0. The molecule has 116 valence electrons. The summed E-state index contributed by atoms with van der Waals surface area (Å²) in [7, 11) is 0. The third-order valence-corrected chi connectivity index (χ3v) is 3.67. The minimum absolute atomic E-state index is 0.0171. The molecule has 0 saturated heterocycles. The average molecular weight is 308 g/mol. The predicted molar refractivity (Wildman–Crippen MR) is 90.0 cm³/mol. The van der Waals surface area contributed by atoms with E-state index in [1.54, 1.807) is 6.07 Å². The second-order valence-electron chi connectivity index (χ2n) is 5.58. The molecule has 0 saturated carbocycles. The number of benzene rings is 2. The minimum Gasteiger partial charge on any atom is -0.340 e. The van der Waals surface area contributed by atoms with E-state index in [1.807, 2.05) is 12.1 Å². The van der Waals surface area contributed by atoms with Crippen molar-refractivity contribution in [3.63, 3.8) is 0 Å². The zero-order valence-corrected chi connectivity index (χ0v) is 12.9. The van der Waals surface area contributed by atoms with Crippen LogP contribution in [0.2, 0.25) is 0 Å². The summed E-state index contributed by atoms with van der Waals surface area (Å²) in [4.78, 5) is 18.8. The van der Waals surface area contributed by atoms with Crippen LogP contribution in [-0.2, 0) is 0 Å². The molecule has 0 aliphatic rings. The Morgan fingerprint density at radius 1 is 1.09 bits per heavy atom. The summed E-state index contributed by atoms with van der Waals surface area (Å²) in [5, 5.41) is 14.8. The Kier molecular flexibility index (Phi) is 3.89. The van der Waals surface area contributed by atoms with Crippen molar-refractivity contribution in [3.05, 3.63) is 64.5 Å². The average Bonchev–Trinajstić information content (AvgIpc) is 2.55. The van der Waals surface area contributed by atoms with Gasteiger partial charge in [0.15, 0.2) is 0 Å². The number of aromatic nitrogens is 2. The SMILES string of the molecule is CC(C)c1ccc(Nc2ncnc3cc([N+](=O)[O-])ccc23)cc1. The molecule has 1 heterocycles. The van der Waals surface area contributed by atoms with E-state index in [2.05, 4.69) is 41.3 Å². The largest absolute Gasteiger partial charge is 0.340 e. The van der Waals surface area contributed by atoms with Gasteiger partial charge in [-0.15, -0.1) is 0 Å². The lowest BCUT2D eigenvalue weighted by atomic mass is 10.0. The normalized spacial score (nSPS) is 10.9. The van der Waals surface area contributed by atoms with Gasteiger partial charge in [-0.05, 0) is 29.7 Å². The quantitative estimate of drug-likeness (QED) is 0.570. The summed E-state index contributed by atoms with van der Waals surface area (Å²) in [6.07, 6.45) is 1.40. The third kappa shape index (κ3) is 3.11. The van der Waals surface area contributed by atoms with E-state index in [0.717, 1.165) is 11.1 Å². The van der Waals surface area contributed by atoms with E-state index < -0.39 is 4.92 Å². The number of hydrogen-bond acceptors (Lipinski definition) is 5. The molecule has 0 radical (unpaired) electrons. The number of hydrogen-bond donors (Lipinski definition) is 1. The number of nitrogens with zero attached hydrogens (tertiary/aromatic N) is 3. The van der Waals surface area contributed by atoms with Crippen molar-refractivity contribution in [2.75, 3.05) is 5.32 Å². The second kappa shape index (κ2) is 6.00. The monoisotopic (exact) mass is 308 g/mol. The van der Waals surface area contributed by atoms with Gasteiger partial charge in [-0.3, -0.25) is 10.1 Å². The number of anilines is 2. The highest BCUT2D eigenvalue weighted by molar-refractivity contribution is 5.91. The van der Waals surface area contributed by atoms with E-state index in [4.69, 9.17) is 0 Å². The van der Waals surface area contributed by atoms with Crippen LogP contribution >= 0.6 is 0 Å². The van der Waals surface area contributed by atoms with Crippen LogP contribution in [0, 0.1) is 10.1 Å². The van der Waals surface area contributed by atoms with E-state index in [-0.39, 0.29) is 5.69 Å². The Labute approximate surface area is 133 Å². The fourth-order valence-electron chi connectivity index (χ4n) is 2.35. The lowest BCUT2D eigenvalue weighted by Gasteiger charge is -2.10. The number of nitro benzene ring substituents is 1. The van der Waals surface area contributed by atoms with Crippen molar-refractivity contribution in [3.8, 4) is 0 Å². The first kappa shape index (κ1) is 14.9. The molecule has 1 N–H and O–H groups in total. The number of nitro groups is 1. The van der Waals surface area contributed by atoms with Crippen LogP contribution in [0.15, 0.2) is 48.8 Å². The summed E-state index contributed by atoms with van der Waals surface area (Å²) in [6, 6.07) is 12.7. The van der Waals surface area contributed by atoms with Crippen LogP contribution in [0.5, 0.6) is 0 Å². The highest BCUT2D eigenvalue weighted by atomic mass is 16.6. The first-order valence-corrected chi connectivity index (χ1v) is 7.31. The first-order valence-electron chi connectivity index (χ1n) is 7.31. The van der Waals surface area contributed by atoms with E-state index >= 15 is 0 Å². The lowest BCUT2D eigenvalue weighted by molar-refractivity contribution is -0.384. The van der Waals surface area contributed by atoms with Gasteiger partial charge in [0.2, 0.25) is 0 Å². The van der Waals surface area contributed by atoms with Crippen molar-refractivity contribution in [2.24, 2.45) is 0 Å². The summed E-state index contributed by atoms with van der Waals surface area (Å²) < 4.78 is 0. The van der Waals surface area contributed by atoms with Gasteiger partial charge in [0.05, 0.1) is 10.4 Å². The van der Waals surface area contributed by atoms with Crippen LogP contribution in [0.4, 0.5) is 17.2 Å². The van der Waals surface area contributed by atoms with Crippen LogP contribution in [0.25, 0.3) is 10.9 Å². The van der Waals surface area contributed by atoms with E-state index in [1.165, 1.54) is 24.0 Å². The van der Waals surface area contributed by atoms with Gasteiger partial charge in [-0.1, -0.05) is 26.0 Å². The summed E-state index contributed by atoms with van der Waals surface area (Å²) >= 11 is 0. The molecule has 6 heteroatoms. The molecule has 0 aliphatic heterocycles. The molecule has 0 atom stereocenters. The van der Waals surface area contributed by atoms with Crippen LogP contribution < -0.4 is 5.32 Å². The number of nitrogens with one attached hydrogen (secondary N) is 1. The van der Waals surface area contributed by atoms with Gasteiger partial charge in [-0.2, -0.15) is 0 Å². The maximum atomic E-state index is 10.9. The van der Waals surface area contributed by atoms with E-state index in [9.17, 15) is 10.1 Å². The van der Waals surface area contributed by atoms with Gasteiger partial charge in [0.25, 0.3) is 5.69 Å². The molecule has 1 aromatic heterocycles. The molecule has 3 rings (SSSR count). The Morgan fingerprint density at radius 3 is 2.48 bits per heavy atom. The molecular weight excluding hydrogens is 292 g/mol. The zero-order valence-electron chi connectivity index (χ0n) is 12.9. The third-order valence-electron chi connectivity index (χ3n) is 3.67. The highest BCUT2D eigenvalue weighted by Gasteiger charge is 2.10. The maximum absolute atomic E-state index is 10.9. The van der Waals surface area contributed by atoms with Crippen molar-refractivity contribution in [1.82, 2.24) is 9.97 Å². The van der Waals surface area contributed by atoms with Crippen molar-refractivity contribution >= 4 is 28.1 Å². The Hall–Kier alpha value is -3.02. The summed E-state index contributed by atoms with van der Waals surface area (Å²) in [5.41, 5.74) is 2.73. The zero-order chi connectivity index (χ0) is 16.4. The molecule has 0 fully saturated rings. The summed E-state index contributed by atoms with van der Waals surface area (Å²) in [6.45, 7) is 4.29. The molecule has 0 amide bonds.